The Morgan fingerprint density at radius 1 is 1.12 bits per heavy atom. The second-order valence-corrected chi connectivity index (χ2v) is 6.93. The molecule has 1 aliphatic heterocycles. The van der Waals surface area contributed by atoms with Gasteiger partial charge in [0, 0.05) is 11.7 Å². The van der Waals surface area contributed by atoms with E-state index < -0.39 is 12.6 Å². The van der Waals surface area contributed by atoms with Crippen molar-refractivity contribution in [3.05, 3.63) is 62.6 Å². The smallest absolute Gasteiger partial charge is 0.341 e. The number of hydrogen-bond donors (Lipinski definition) is 0. The minimum atomic E-state index is -0.786. The molecule has 25 heavy (non-hydrogen) atoms. The van der Waals surface area contributed by atoms with Crippen LogP contribution in [0.1, 0.15) is 22.8 Å². The Labute approximate surface area is 160 Å². The average molecular weight is 399 g/mol. The highest BCUT2D eigenvalue weighted by atomic mass is 35.5. The van der Waals surface area contributed by atoms with E-state index in [-0.39, 0.29) is 32.6 Å². The highest BCUT2D eigenvalue weighted by Crippen LogP contribution is 2.33. The van der Waals surface area contributed by atoms with Gasteiger partial charge in [0.2, 0.25) is 0 Å². The molecular formula is C18H14Cl3NO3. The number of rotatable bonds is 3. The Balaban J connectivity index is 1.73. The first-order valence-corrected chi connectivity index (χ1v) is 8.74. The summed E-state index contributed by atoms with van der Waals surface area (Å²) in [6.07, 6.45) is 0.766. The second-order valence-electron chi connectivity index (χ2n) is 5.74. The highest BCUT2D eigenvalue weighted by Gasteiger charge is 2.31. The van der Waals surface area contributed by atoms with Gasteiger partial charge in [0.05, 0.1) is 20.6 Å². The molecule has 0 aromatic heterocycles. The zero-order valence-electron chi connectivity index (χ0n) is 13.3. The van der Waals surface area contributed by atoms with Crippen LogP contribution in [-0.2, 0) is 16.0 Å². The molecule has 4 nitrogen and oxygen atoms in total. The molecule has 0 spiro atoms. The fourth-order valence-electron chi connectivity index (χ4n) is 2.93. The molecule has 2 aromatic rings. The van der Waals surface area contributed by atoms with E-state index in [1.807, 2.05) is 31.2 Å². The number of halogens is 3. The zero-order chi connectivity index (χ0) is 18.1. The van der Waals surface area contributed by atoms with Gasteiger partial charge in [-0.15, -0.1) is 0 Å². The summed E-state index contributed by atoms with van der Waals surface area (Å²) in [6.45, 7) is 1.54. The Morgan fingerprint density at radius 2 is 1.80 bits per heavy atom. The summed E-state index contributed by atoms with van der Waals surface area (Å²) in [7, 11) is 0. The van der Waals surface area contributed by atoms with Crippen LogP contribution < -0.4 is 4.90 Å². The maximum absolute atomic E-state index is 12.5. The third-order valence-electron chi connectivity index (χ3n) is 4.05. The van der Waals surface area contributed by atoms with Crippen LogP contribution in [0.25, 0.3) is 0 Å². The number of carbonyl (C=O) groups excluding carboxylic acids is 2. The van der Waals surface area contributed by atoms with Crippen molar-refractivity contribution in [1.29, 1.82) is 0 Å². The topological polar surface area (TPSA) is 46.6 Å². The van der Waals surface area contributed by atoms with E-state index in [0.717, 1.165) is 17.7 Å². The Hall–Kier alpha value is -1.75. The van der Waals surface area contributed by atoms with E-state index in [9.17, 15) is 9.59 Å². The van der Waals surface area contributed by atoms with Gasteiger partial charge < -0.3 is 9.64 Å². The average Bonchev–Trinajstić information content (AvgIpc) is 2.92. The summed E-state index contributed by atoms with van der Waals surface area (Å²) < 4.78 is 5.12. The lowest BCUT2D eigenvalue weighted by molar-refractivity contribution is -0.122. The molecule has 1 heterocycles. The lowest BCUT2D eigenvalue weighted by Crippen LogP contribution is -2.38. The van der Waals surface area contributed by atoms with Gasteiger partial charge in [-0.25, -0.2) is 4.79 Å². The molecule has 0 saturated heterocycles. The summed E-state index contributed by atoms with van der Waals surface area (Å²) in [5.74, 6) is -1.09. The number of anilines is 1. The number of amides is 1. The Bertz CT molecular complexity index is 853. The van der Waals surface area contributed by atoms with E-state index in [0.29, 0.717) is 0 Å². The molecule has 0 fully saturated rings. The number of nitrogens with zero attached hydrogens (tertiary/aromatic N) is 1. The molecule has 7 heteroatoms. The molecule has 0 saturated carbocycles. The lowest BCUT2D eigenvalue weighted by atomic mass is 10.1. The third-order valence-corrected chi connectivity index (χ3v) is 5.17. The number of fused-ring (bicyclic) bond motifs is 1. The molecular weight excluding hydrogens is 385 g/mol. The lowest BCUT2D eigenvalue weighted by Gasteiger charge is -2.22. The van der Waals surface area contributed by atoms with Crippen LogP contribution in [0.5, 0.6) is 0 Å². The van der Waals surface area contributed by atoms with E-state index in [2.05, 4.69) is 0 Å². The molecule has 0 unspecified atom stereocenters. The van der Waals surface area contributed by atoms with Crippen molar-refractivity contribution < 1.29 is 14.3 Å². The van der Waals surface area contributed by atoms with Crippen LogP contribution in [0.3, 0.4) is 0 Å². The largest absolute Gasteiger partial charge is 0.452 e. The highest BCUT2D eigenvalue weighted by molar-refractivity contribution is 6.46. The fourth-order valence-corrected chi connectivity index (χ4v) is 3.61. The fraction of sp³-hybridized carbons (Fsp3) is 0.222. The minimum Gasteiger partial charge on any atom is -0.452 e. The Morgan fingerprint density at radius 3 is 2.56 bits per heavy atom. The zero-order valence-corrected chi connectivity index (χ0v) is 15.5. The van der Waals surface area contributed by atoms with Crippen molar-refractivity contribution in [2.45, 2.75) is 19.4 Å². The number of benzene rings is 2. The number of ether oxygens (including phenoxy) is 1. The van der Waals surface area contributed by atoms with Crippen molar-refractivity contribution in [2.75, 3.05) is 11.5 Å². The molecule has 1 atom stereocenters. The van der Waals surface area contributed by atoms with Crippen LogP contribution in [0.15, 0.2) is 36.4 Å². The van der Waals surface area contributed by atoms with Crippen LogP contribution in [-0.4, -0.2) is 24.5 Å². The summed E-state index contributed by atoms with van der Waals surface area (Å²) in [4.78, 5) is 26.5. The molecule has 0 bridgehead atoms. The number of hydrogen-bond acceptors (Lipinski definition) is 3. The van der Waals surface area contributed by atoms with Gasteiger partial charge in [0.1, 0.15) is 0 Å². The van der Waals surface area contributed by atoms with Gasteiger partial charge in [0.25, 0.3) is 5.91 Å². The standard InChI is InChI=1S/C18H14Cl3NO3/c1-10-8-11-4-2-3-5-14(11)22(10)15(23)9-25-18(24)16-12(19)6-7-13(20)17(16)21/h2-7,10H,8-9H2,1H3/t10-/m0/s1. The van der Waals surface area contributed by atoms with E-state index >= 15 is 0 Å². The van der Waals surface area contributed by atoms with Crippen LogP contribution in [0.4, 0.5) is 5.69 Å². The summed E-state index contributed by atoms with van der Waals surface area (Å²) >= 11 is 17.9. The third kappa shape index (κ3) is 3.47. The molecule has 0 N–H and O–H groups in total. The second kappa shape index (κ2) is 7.24. The van der Waals surface area contributed by atoms with Gasteiger partial charge in [-0.1, -0.05) is 53.0 Å². The van der Waals surface area contributed by atoms with Crippen molar-refractivity contribution >= 4 is 52.4 Å². The van der Waals surface area contributed by atoms with Gasteiger partial charge in [-0.2, -0.15) is 0 Å². The molecule has 1 amide bonds. The summed E-state index contributed by atoms with van der Waals surface area (Å²) in [5.41, 5.74) is 1.89. The minimum absolute atomic E-state index is 0.00180. The maximum atomic E-state index is 12.5. The summed E-state index contributed by atoms with van der Waals surface area (Å²) in [6, 6.07) is 10.6. The molecule has 0 aliphatic carbocycles. The normalized spacial score (nSPS) is 15.8. The first kappa shape index (κ1) is 18.1. The summed E-state index contributed by atoms with van der Waals surface area (Å²) in [5, 5.41) is 0.310. The SMILES string of the molecule is C[C@H]1Cc2ccccc2N1C(=O)COC(=O)c1c(Cl)ccc(Cl)c1Cl. The molecule has 130 valence electrons. The van der Waals surface area contributed by atoms with Crippen molar-refractivity contribution in [2.24, 2.45) is 0 Å². The van der Waals surface area contributed by atoms with E-state index in [1.54, 1.807) is 4.90 Å². The predicted molar refractivity (Wildman–Crippen MR) is 98.8 cm³/mol. The molecule has 0 radical (unpaired) electrons. The molecule has 3 rings (SSSR count). The van der Waals surface area contributed by atoms with E-state index in [1.165, 1.54) is 12.1 Å². The predicted octanol–water partition coefficient (Wildman–Crippen LogP) is 4.78. The number of carbonyl (C=O) groups is 2. The Kier molecular flexibility index (Phi) is 5.23. The van der Waals surface area contributed by atoms with Crippen molar-refractivity contribution in [1.82, 2.24) is 0 Å². The van der Waals surface area contributed by atoms with Crippen LogP contribution >= 0.6 is 34.8 Å². The monoisotopic (exact) mass is 397 g/mol. The van der Waals surface area contributed by atoms with Crippen LogP contribution in [0.2, 0.25) is 15.1 Å². The van der Waals surface area contributed by atoms with Gasteiger partial charge in [-0.05, 0) is 37.1 Å². The van der Waals surface area contributed by atoms with E-state index in [4.69, 9.17) is 39.5 Å². The van der Waals surface area contributed by atoms with Gasteiger partial charge in [-0.3, -0.25) is 4.79 Å². The molecule has 2 aromatic carbocycles. The quantitative estimate of drug-likeness (QED) is 0.552. The maximum Gasteiger partial charge on any atom is 0.341 e. The van der Waals surface area contributed by atoms with Gasteiger partial charge in [0.15, 0.2) is 6.61 Å². The first-order valence-electron chi connectivity index (χ1n) is 7.60. The molecule has 1 aliphatic rings. The van der Waals surface area contributed by atoms with Crippen LogP contribution in [0, 0.1) is 0 Å². The number of para-hydroxylation sites is 1. The first-order chi connectivity index (χ1) is 11.9. The number of esters is 1. The van der Waals surface area contributed by atoms with Crippen molar-refractivity contribution in [3.8, 4) is 0 Å². The van der Waals surface area contributed by atoms with Gasteiger partial charge >= 0.3 is 5.97 Å². The van der Waals surface area contributed by atoms with Crippen molar-refractivity contribution in [3.63, 3.8) is 0 Å².